The lowest BCUT2D eigenvalue weighted by atomic mass is 10.1. The van der Waals surface area contributed by atoms with Crippen LogP contribution >= 0.6 is 0 Å². The van der Waals surface area contributed by atoms with E-state index in [0.29, 0.717) is 18.5 Å². The molecule has 0 aliphatic heterocycles. The van der Waals surface area contributed by atoms with Gasteiger partial charge in [-0.2, -0.15) is 0 Å². The van der Waals surface area contributed by atoms with E-state index < -0.39 is 5.67 Å². The molecule has 0 heterocycles. The Hall–Kier alpha value is -1.05. The van der Waals surface area contributed by atoms with E-state index in [2.05, 4.69) is 0 Å². The smallest absolute Gasteiger partial charge is 0.136 e. The number of benzene rings is 1. The molecule has 58 valence electrons. The zero-order chi connectivity index (χ0) is 7.90. The largest absolute Gasteiger partial charge is 0.399 e. The molecule has 1 fully saturated rings. The van der Waals surface area contributed by atoms with Gasteiger partial charge in [-0.3, -0.25) is 0 Å². The van der Waals surface area contributed by atoms with Gasteiger partial charge in [0.2, 0.25) is 0 Å². The number of rotatable bonds is 1. The van der Waals surface area contributed by atoms with Gasteiger partial charge in [-0.05, 0) is 30.5 Å². The molecule has 11 heavy (non-hydrogen) atoms. The number of hydrogen-bond donors (Lipinski definition) is 1. The third kappa shape index (κ3) is 1.09. The molecule has 2 N–H and O–H groups in total. The van der Waals surface area contributed by atoms with Gasteiger partial charge in [0.1, 0.15) is 5.67 Å². The number of anilines is 1. The van der Waals surface area contributed by atoms with Crippen molar-refractivity contribution in [2.75, 3.05) is 5.73 Å². The van der Waals surface area contributed by atoms with Crippen LogP contribution in [-0.2, 0) is 5.67 Å². The molecule has 1 aromatic carbocycles. The van der Waals surface area contributed by atoms with E-state index in [-0.39, 0.29) is 0 Å². The van der Waals surface area contributed by atoms with Gasteiger partial charge in [0.15, 0.2) is 0 Å². The minimum atomic E-state index is -1.05. The first-order chi connectivity index (χ1) is 5.21. The summed E-state index contributed by atoms with van der Waals surface area (Å²) in [4.78, 5) is 0. The quantitative estimate of drug-likeness (QED) is 0.612. The number of nitrogen functional groups attached to an aromatic ring is 1. The average Bonchev–Trinajstić information content (AvgIpc) is 2.70. The first-order valence-electron chi connectivity index (χ1n) is 3.76. The fraction of sp³-hybridized carbons (Fsp3) is 0.333. The van der Waals surface area contributed by atoms with E-state index in [1.54, 1.807) is 24.3 Å². The van der Waals surface area contributed by atoms with Crippen LogP contribution in [0.15, 0.2) is 24.3 Å². The molecule has 0 spiro atoms. The summed E-state index contributed by atoms with van der Waals surface area (Å²) in [5, 5.41) is 0. The van der Waals surface area contributed by atoms with Crippen LogP contribution in [0.4, 0.5) is 10.1 Å². The van der Waals surface area contributed by atoms with Gasteiger partial charge in [0.05, 0.1) is 0 Å². The maximum absolute atomic E-state index is 13.4. The van der Waals surface area contributed by atoms with Crippen LogP contribution in [-0.4, -0.2) is 0 Å². The summed E-state index contributed by atoms with van der Waals surface area (Å²) in [6.07, 6.45) is 1.30. The van der Waals surface area contributed by atoms with E-state index in [1.165, 1.54) is 0 Å². The number of hydrogen-bond acceptors (Lipinski definition) is 1. The van der Waals surface area contributed by atoms with Crippen LogP contribution in [0.25, 0.3) is 0 Å². The molecule has 0 saturated heterocycles. The van der Waals surface area contributed by atoms with E-state index in [1.807, 2.05) is 0 Å². The normalized spacial score (nSPS) is 19.7. The van der Waals surface area contributed by atoms with Crippen molar-refractivity contribution in [2.45, 2.75) is 18.5 Å². The van der Waals surface area contributed by atoms with Crippen molar-refractivity contribution >= 4 is 5.69 Å². The molecular formula is C9H10FN. The highest BCUT2D eigenvalue weighted by Crippen LogP contribution is 2.49. The Balaban J connectivity index is 2.38. The zero-order valence-corrected chi connectivity index (χ0v) is 6.18. The van der Waals surface area contributed by atoms with Crippen molar-refractivity contribution in [3.63, 3.8) is 0 Å². The first-order valence-corrected chi connectivity index (χ1v) is 3.76. The van der Waals surface area contributed by atoms with Gasteiger partial charge < -0.3 is 5.73 Å². The van der Waals surface area contributed by atoms with Gasteiger partial charge in [-0.1, -0.05) is 12.1 Å². The fourth-order valence-corrected chi connectivity index (χ4v) is 1.22. The van der Waals surface area contributed by atoms with Gasteiger partial charge in [0, 0.05) is 5.69 Å². The van der Waals surface area contributed by atoms with Gasteiger partial charge in [-0.25, -0.2) is 4.39 Å². The zero-order valence-electron chi connectivity index (χ0n) is 6.18. The monoisotopic (exact) mass is 151 g/mol. The second kappa shape index (κ2) is 1.97. The molecule has 1 aliphatic rings. The molecule has 1 aliphatic carbocycles. The Morgan fingerprint density at radius 2 is 2.09 bits per heavy atom. The van der Waals surface area contributed by atoms with E-state index in [4.69, 9.17) is 5.73 Å². The summed E-state index contributed by atoms with van der Waals surface area (Å²) in [7, 11) is 0. The molecule has 2 heteroatoms. The Labute approximate surface area is 65.0 Å². The molecule has 0 unspecified atom stereocenters. The lowest BCUT2D eigenvalue weighted by Gasteiger charge is -2.04. The maximum Gasteiger partial charge on any atom is 0.136 e. The van der Waals surface area contributed by atoms with E-state index >= 15 is 0 Å². The standard InChI is InChI=1S/C9H10FN/c10-9(4-5-9)7-2-1-3-8(11)6-7/h1-3,6H,4-5,11H2. The van der Waals surface area contributed by atoms with Crippen LogP contribution in [0.2, 0.25) is 0 Å². The molecule has 1 nitrogen and oxygen atoms in total. The van der Waals surface area contributed by atoms with Crippen LogP contribution in [0.1, 0.15) is 18.4 Å². The molecule has 0 amide bonds. The highest BCUT2D eigenvalue weighted by atomic mass is 19.1. The first kappa shape index (κ1) is 6.65. The van der Waals surface area contributed by atoms with Crippen molar-refractivity contribution in [1.29, 1.82) is 0 Å². The van der Waals surface area contributed by atoms with Crippen molar-refractivity contribution in [1.82, 2.24) is 0 Å². The lowest BCUT2D eigenvalue weighted by molar-refractivity contribution is 0.317. The second-order valence-electron chi connectivity index (χ2n) is 3.09. The highest BCUT2D eigenvalue weighted by Gasteiger charge is 2.44. The molecule has 0 radical (unpaired) electrons. The fourth-order valence-electron chi connectivity index (χ4n) is 1.22. The lowest BCUT2D eigenvalue weighted by Crippen LogP contribution is -1.97. The molecule has 0 atom stereocenters. The van der Waals surface area contributed by atoms with E-state index in [9.17, 15) is 4.39 Å². The molecule has 2 rings (SSSR count). The third-order valence-electron chi connectivity index (χ3n) is 2.09. The molecular weight excluding hydrogens is 141 g/mol. The summed E-state index contributed by atoms with van der Waals surface area (Å²) in [5.41, 5.74) is 5.85. The summed E-state index contributed by atoms with van der Waals surface area (Å²) in [6.45, 7) is 0. The highest BCUT2D eigenvalue weighted by molar-refractivity contribution is 5.44. The molecule has 1 saturated carbocycles. The van der Waals surface area contributed by atoms with Crippen LogP contribution in [0.5, 0.6) is 0 Å². The van der Waals surface area contributed by atoms with Crippen molar-refractivity contribution in [3.05, 3.63) is 29.8 Å². The number of halogens is 1. The van der Waals surface area contributed by atoms with Crippen molar-refractivity contribution in [2.24, 2.45) is 0 Å². The Morgan fingerprint density at radius 3 is 2.64 bits per heavy atom. The Kier molecular flexibility index (Phi) is 1.19. The van der Waals surface area contributed by atoms with Crippen LogP contribution < -0.4 is 5.73 Å². The van der Waals surface area contributed by atoms with Crippen molar-refractivity contribution in [3.8, 4) is 0 Å². The minimum absolute atomic E-state index is 0.645. The van der Waals surface area contributed by atoms with Crippen LogP contribution in [0.3, 0.4) is 0 Å². The second-order valence-corrected chi connectivity index (χ2v) is 3.09. The SMILES string of the molecule is Nc1cccc(C2(F)CC2)c1. The predicted octanol–water partition coefficient (Wildman–Crippen LogP) is 2.23. The Bertz CT molecular complexity index is 279. The number of alkyl halides is 1. The summed E-state index contributed by atoms with van der Waals surface area (Å²) in [6, 6.07) is 7.08. The molecule has 0 aromatic heterocycles. The van der Waals surface area contributed by atoms with Crippen LogP contribution in [0, 0.1) is 0 Å². The van der Waals surface area contributed by atoms with Gasteiger partial charge >= 0.3 is 0 Å². The number of nitrogens with two attached hydrogens (primary N) is 1. The van der Waals surface area contributed by atoms with Crippen molar-refractivity contribution < 1.29 is 4.39 Å². The summed E-state index contributed by atoms with van der Waals surface area (Å²) in [5.74, 6) is 0. The third-order valence-corrected chi connectivity index (χ3v) is 2.09. The summed E-state index contributed by atoms with van der Waals surface area (Å²) < 4.78 is 13.4. The topological polar surface area (TPSA) is 26.0 Å². The Morgan fingerprint density at radius 1 is 1.36 bits per heavy atom. The average molecular weight is 151 g/mol. The molecule has 1 aromatic rings. The van der Waals surface area contributed by atoms with Gasteiger partial charge in [0.25, 0.3) is 0 Å². The summed E-state index contributed by atoms with van der Waals surface area (Å²) >= 11 is 0. The van der Waals surface area contributed by atoms with Gasteiger partial charge in [-0.15, -0.1) is 0 Å². The maximum atomic E-state index is 13.4. The van der Waals surface area contributed by atoms with E-state index in [0.717, 1.165) is 5.56 Å². The predicted molar refractivity (Wildman–Crippen MR) is 42.9 cm³/mol. The molecule has 0 bridgehead atoms. The minimum Gasteiger partial charge on any atom is -0.399 e.